The van der Waals surface area contributed by atoms with Gasteiger partial charge in [0.2, 0.25) is 0 Å². The van der Waals surface area contributed by atoms with Crippen molar-refractivity contribution in [3.8, 4) is 0 Å². The van der Waals surface area contributed by atoms with Crippen molar-refractivity contribution in [3.05, 3.63) is 12.2 Å². The Kier molecular flexibility index (Phi) is 21.7. The second-order valence-corrected chi connectivity index (χ2v) is 7.86. The molecule has 0 unspecified atom stereocenters. The van der Waals surface area contributed by atoms with E-state index in [9.17, 15) is 4.79 Å². The molecule has 0 spiro atoms. The summed E-state index contributed by atoms with van der Waals surface area (Å²) in [6.45, 7) is 8.48. The summed E-state index contributed by atoms with van der Waals surface area (Å²) in [4.78, 5) is 21.2. The van der Waals surface area contributed by atoms with E-state index in [1.807, 2.05) is 0 Å². The van der Waals surface area contributed by atoms with Crippen LogP contribution in [0.15, 0.2) is 12.2 Å². The Morgan fingerprint density at radius 2 is 1.00 bits per heavy atom. The van der Waals surface area contributed by atoms with E-state index in [1.54, 1.807) is 6.92 Å². The predicted octanol–water partition coefficient (Wildman–Crippen LogP) is 7.32. The van der Waals surface area contributed by atoms with E-state index < -0.39 is 0 Å². The summed E-state index contributed by atoms with van der Waals surface area (Å²) in [6.07, 6.45) is 21.8. The summed E-state index contributed by atoms with van der Waals surface area (Å²) >= 11 is 0. The number of unbranched alkanes of at least 4 members (excludes halogenated alkanes) is 15. The molecule has 0 aliphatic rings. The molecule has 0 amide bonds. The maximum absolute atomic E-state index is 11.1. The van der Waals surface area contributed by atoms with Crippen LogP contribution in [0, 0.1) is 0 Å². The van der Waals surface area contributed by atoms with E-state index in [1.165, 1.54) is 96.3 Å². The van der Waals surface area contributed by atoms with Crippen molar-refractivity contribution in [2.45, 2.75) is 117 Å². The van der Waals surface area contributed by atoms with Crippen LogP contribution < -0.4 is 0 Å². The van der Waals surface area contributed by atoms with Crippen molar-refractivity contribution in [2.24, 2.45) is 0 Å². The molecule has 0 rings (SSSR count). The molecule has 0 atom stereocenters. The zero-order chi connectivity index (χ0) is 20.7. The highest BCUT2D eigenvalue weighted by atomic mass is 17.2. The lowest BCUT2D eigenvalue weighted by Crippen LogP contribution is -2.11. The van der Waals surface area contributed by atoms with Gasteiger partial charge in [-0.2, -0.15) is 0 Å². The van der Waals surface area contributed by atoms with Gasteiger partial charge >= 0.3 is 5.97 Å². The standard InChI is InChI=1S/C24H46O4/c1-4-5-6-7-8-9-10-11-12-13-14-15-16-17-18-19-20-27-28-22-21-26-24(25)23(2)3/h2,4-22H2,1,3H3. The molecule has 0 heterocycles. The Morgan fingerprint density at radius 3 is 1.43 bits per heavy atom. The number of hydrogen-bond donors (Lipinski definition) is 0. The average Bonchev–Trinajstić information content (AvgIpc) is 2.68. The molecule has 0 bridgehead atoms. The Morgan fingerprint density at radius 1 is 0.607 bits per heavy atom. The Labute approximate surface area is 174 Å². The SMILES string of the molecule is C=C(C)C(=O)OCCOOCCCCCCCCCCCCCCCCCC. The largest absolute Gasteiger partial charge is 0.460 e. The van der Waals surface area contributed by atoms with Crippen LogP contribution in [0.5, 0.6) is 0 Å². The van der Waals surface area contributed by atoms with Gasteiger partial charge in [-0.25, -0.2) is 14.6 Å². The third-order valence-corrected chi connectivity index (χ3v) is 4.91. The Hall–Kier alpha value is -0.870. The zero-order valence-electron chi connectivity index (χ0n) is 18.8. The molecule has 0 aromatic rings. The molecular formula is C24H46O4. The zero-order valence-corrected chi connectivity index (χ0v) is 18.8. The summed E-state index contributed by atoms with van der Waals surface area (Å²) in [5.74, 6) is -0.388. The number of hydrogen-bond acceptors (Lipinski definition) is 4. The first-order chi connectivity index (χ1) is 13.7. The summed E-state index contributed by atoms with van der Waals surface area (Å²) in [5, 5.41) is 0. The van der Waals surface area contributed by atoms with E-state index >= 15 is 0 Å². The van der Waals surface area contributed by atoms with Crippen LogP contribution in [-0.2, 0) is 19.3 Å². The second-order valence-electron chi connectivity index (χ2n) is 7.86. The van der Waals surface area contributed by atoms with Gasteiger partial charge < -0.3 is 4.74 Å². The number of rotatable bonds is 22. The van der Waals surface area contributed by atoms with Gasteiger partial charge in [0.1, 0.15) is 13.2 Å². The summed E-state index contributed by atoms with van der Waals surface area (Å²) in [5.41, 5.74) is 0.397. The molecule has 0 aromatic heterocycles. The molecule has 4 heteroatoms. The molecule has 0 saturated carbocycles. The highest BCUT2D eigenvalue weighted by molar-refractivity contribution is 5.86. The normalized spacial score (nSPS) is 10.9. The van der Waals surface area contributed by atoms with Crippen molar-refractivity contribution in [3.63, 3.8) is 0 Å². The predicted molar refractivity (Wildman–Crippen MR) is 117 cm³/mol. The van der Waals surface area contributed by atoms with E-state index in [0.29, 0.717) is 12.2 Å². The number of carbonyl (C=O) groups is 1. The minimum atomic E-state index is -0.388. The van der Waals surface area contributed by atoms with E-state index in [4.69, 9.17) is 14.5 Å². The van der Waals surface area contributed by atoms with Crippen LogP contribution in [0.1, 0.15) is 117 Å². The van der Waals surface area contributed by atoms with Gasteiger partial charge in [-0.15, -0.1) is 0 Å². The van der Waals surface area contributed by atoms with Gasteiger partial charge in [0.15, 0.2) is 0 Å². The van der Waals surface area contributed by atoms with Gasteiger partial charge in [0, 0.05) is 5.57 Å². The van der Waals surface area contributed by atoms with Crippen molar-refractivity contribution in [2.75, 3.05) is 19.8 Å². The molecule has 166 valence electrons. The first kappa shape index (κ1) is 27.1. The fourth-order valence-corrected chi connectivity index (χ4v) is 3.12. The highest BCUT2D eigenvalue weighted by Crippen LogP contribution is 2.13. The smallest absolute Gasteiger partial charge is 0.333 e. The van der Waals surface area contributed by atoms with Crippen molar-refractivity contribution in [1.29, 1.82) is 0 Å². The van der Waals surface area contributed by atoms with Gasteiger partial charge in [-0.3, -0.25) is 0 Å². The molecule has 0 aliphatic carbocycles. The molecule has 0 aliphatic heterocycles. The summed E-state index contributed by atoms with van der Waals surface area (Å²) in [6, 6.07) is 0. The maximum atomic E-state index is 11.1. The summed E-state index contributed by atoms with van der Waals surface area (Å²) in [7, 11) is 0. The van der Waals surface area contributed by atoms with Gasteiger partial charge in [0.05, 0.1) is 6.61 Å². The Balaban J connectivity index is 3.05. The first-order valence-electron chi connectivity index (χ1n) is 11.8. The van der Waals surface area contributed by atoms with Crippen LogP contribution in [0.4, 0.5) is 0 Å². The van der Waals surface area contributed by atoms with Gasteiger partial charge in [-0.1, -0.05) is 110 Å². The minimum Gasteiger partial charge on any atom is -0.460 e. The molecule has 0 radical (unpaired) electrons. The monoisotopic (exact) mass is 398 g/mol. The van der Waals surface area contributed by atoms with Gasteiger partial charge in [0.25, 0.3) is 0 Å². The fraction of sp³-hybridized carbons (Fsp3) is 0.875. The number of ether oxygens (including phenoxy) is 1. The first-order valence-corrected chi connectivity index (χ1v) is 11.8. The lowest BCUT2D eigenvalue weighted by Gasteiger charge is -2.06. The quantitative estimate of drug-likeness (QED) is 0.0630. The Bertz CT molecular complexity index is 355. The lowest BCUT2D eigenvalue weighted by molar-refractivity contribution is -0.298. The highest BCUT2D eigenvalue weighted by Gasteiger charge is 2.02. The molecular weight excluding hydrogens is 352 g/mol. The second kappa shape index (κ2) is 22.4. The molecule has 0 aromatic carbocycles. The van der Waals surface area contributed by atoms with E-state index in [2.05, 4.69) is 13.5 Å². The van der Waals surface area contributed by atoms with Crippen molar-refractivity contribution in [1.82, 2.24) is 0 Å². The van der Waals surface area contributed by atoms with Crippen molar-refractivity contribution < 1.29 is 19.3 Å². The average molecular weight is 399 g/mol. The van der Waals surface area contributed by atoms with Crippen LogP contribution >= 0.6 is 0 Å². The van der Waals surface area contributed by atoms with Gasteiger partial charge in [-0.05, 0) is 13.3 Å². The fourth-order valence-electron chi connectivity index (χ4n) is 3.12. The maximum Gasteiger partial charge on any atom is 0.333 e. The third kappa shape index (κ3) is 21.4. The molecule has 28 heavy (non-hydrogen) atoms. The molecule has 4 nitrogen and oxygen atoms in total. The van der Waals surface area contributed by atoms with Crippen LogP contribution in [0.2, 0.25) is 0 Å². The van der Waals surface area contributed by atoms with Crippen LogP contribution in [-0.4, -0.2) is 25.8 Å². The van der Waals surface area contributed by atoms with Crippen LogP contribution in [0.25, 0.3) is 0 Å². The van der Waals surface area contributed by atoms with Crippen molar-refractivity contribution >= 4 is 5.97 Å². The lowest BCUT2D eigenvalue weighted by atomic mass is 10.0. The van der Waals surface area contributed by atoms with E-state index in [-0.39, 0.29) is 19.2 Å². The number of esters is 1. The third-order valence-electron chi connectivity index (χ3n) is 4.91. The topological polar surface area (TPSA) is 44.8 Å². The molecule has 0 fully saturated rings. The van der Waals surface area contributed by atoms with E-state index in [0.717, 1.165) is 6.42 Å². The molecule has 0 saturated heterocycles. The van der Waals surface area contributed by atoms with Crippen LogP contribution in [0.3, 0.4) is 0 Å². The molecule has 0 N–H and O–H groups in total. The minimum absolute atomic E-state index is 0.199. The summed E-state index contributed by atoms with van der Waals surface area (Å²) < 4.78 is 4.90. The number of carbonyl (C=O) groups excluding carboxylic acids is 1.